The van der Waals surface area contributed by atoms with E-state index in [2.05, 4.69) is 32.7 Å². The summed E-state index contributed by atoms with van der Waals surface area (Å²) in [5, 5.41) is 11.5. The zero-order chi connectivity index (χ0) is 19.5. The average molecular weight is 380 g/mol. The number of benzene rings is 1. The number of likely N-dealkylation sites (tertiary alicyclic amines) is 1. The van der Waals surface area contributed by atoms with Gasteiger partial charge in [-0.25, -0.2) is 4.79 Å². The number of anilines is 1. The Morgan fingerprint density at radius 3 is 2.79 bits per heavy atom. The molecule has 0 bridgehead atoms. The third-order valence-corrected chi connectivity index (χ3v) is 5.26. The van der Waals surface area contributed by atoms with E-state index in [0.717, 1.165) is 36.9 Å². The monoisotopic (exact) mass is 380 g/mol. The Morgan fingerprint density at radius 2 is 2.00 bits per heavy atom. The van der Waals surface area contributed by atoms with Gasteiger partial charge in [0, 0.05) is 24.3 Å². The molecule has 0 unspecified atom stereocenters. The molecule has 3 heterocycles. The van der Waals surface area contributed by atoms with Crippen LogP contribution in [0.3, 0.4) is 0 Å². The van der Waals surface area contributed by atoms with Crippen LogP contribution in [0.5, 0.6) is 0 Å². The number of carbonyl (C=O) groups excluding carboxylic acids is 1. The summed E-state index contributed by atoms with van der Waals surface area (Å²) in [6.07, 6.45) is 7.31. The molecule has 4 rings (SSSR count). The minimum Gasteiger partial charge on any atom is -0.334 e. The van der Waals surface area contributed by atoms with Gasteiger partial charge in [0.15, 0.2) is 0 Å². The average Bonchev–Trinajstić information content (AvgIpc) is 3.16. The van der Waals surface area contributed by atoms with Crippen molar-refractivity contribution < 1.29 is 4.79 Å². The molecular weight excluding hydrogens is 356 g/mol. The molecule has 1 aliphatic heterocycles. The molecular formula is C20H24N6O2. The third-order valence-electron chi connectivity index (χ3n) is 5.26. The summed E-state index contributed by atoms with van der Waals surface area (Å²) in [7, 11) is 2.13. The fourth-order valence-electron chi connectivity index (χ4n) is 3.63. The van der Waals surface area contributed by atoms with Gasteiger partial charge in [-0.1, -0.05) is 18.2 Å². The Labute approximate surface area is 162 Å². The number of urea groups is 1. The number of nitrogens with one attached hydrogen (secondary N) is 3. The fourth-order valence-corrected chi connectivity index (χ4v) is 3.63. The number of nitrogens with zero attached hydrogens (tertiary/aromatic N) is 3. The van der Waals surface area contributed by atoms with Crippen LogP contribution in [0.15, 0.2) is 47.7 Å². The fraction of sp³-hybridized carbons (Fsp3) is 0.350. The molecule has 2 aromatic heterocycles. The summed E-state index contributed by atoms with van der Waals surface area (Å²) in [6, 6.07) is 7.42. The second kappa shape index (κ2) is 7.85. The van der Waals surface area contributed by atoms with Crippen molar-refractivity contribution in [2.45, 2.75) is 25.4 Å². The number of aromatic amines is 1. The van der Waals surface area contributed by atoms with Crippen LogP contribution in [-0.2, 0) is 6.54 Å². The number of rotatable bonds is 4. The summed E-state index contributed by atoms with van der Waals surface area (Å²) < 4.78 is 1.94. The standard InChI is InChI=1S/C20H24N6O2/c1-25-8-6-16(7-9-25)26-13-15(12-23-26)24-20(28)22-11-14-10-21-19(27)18-5-3-2-4-17(14)18/h2-5,10,12-13,16H,6-9,11H2,1H3,(H,21,27)(H2,22,24,28). The predicted octanol–water partition coefficient (Wildman–Crippen LogP) is 2.31. The summed E-state index contributed by atoms with van der Waals surface area (Å²) in [4.78, 5) is 29.2. The number of aromatic nitrogens is 3. The molecule has 1 fully saturated rings. The van der Waals surface area contributed by atoms with Gasteiger partial charge in [-0.05, 0) is 50.0 Å². The molecule has 8 heteroatoms. The molecule has 1 aromatic carbocycles. The molecule has 3 aromatic rings. The smallest absolute Gasteiger partial charge is 0.319 e. The summed E-state index contributed by atoms with van der Waals surface area (Å²) >= 11 is 0. The minimum absolute atomic E-state index is 0.134. The first-order valence-corrected chi connectivity index (χ1v) is 9.47. The van der Waals surface area contributed by atoms with Gasteiger partial charge in [-0.2, -0.15) is 5.10 Å². The van der Waals surface area contributed by atoms with E-state index in [1.165, 1.54) is 0 Å². The van der Waals surface area contributed by atoms with Crippen molar-refractivity contribution >= 4 is 22.5 Å². The van der Waals surface area contributed by atoms with Gasteiger partial charge in [-0.15, -0.1) is 0 Å². The molecule has 2 amide bonds. The topological polar surface area (TPSA) is 95.0 Å². The normalized spacial score (nSPS) is 15.6. The summed E-state index contributed by atoms with van der Waals surface area (Å²) in [5.41, 5.74) is 1.39. The zero-order valence-electron chi connectivity index (χ0n) is 15.8. The molecule has 1 aliphatic rings. The Morgan fingerprint density at radius 1 is 1.25 bits per heavy atom. The highest BCUT2D eigenvalue weighted by Crippen LogP contribution is 2.22. The van der Waals surface area contributed by atoms with Gasteiger partial charge < -0.3 is 20.5 Å². The van der Waals surface area contributed by atoms with Crippen molar-refractivity contribution in [3.05, 3.63) is 58.8 Å². The molecule has 0 aliphatic carbocycles. The highest BCUT2D eigenvalue weighted by Gasteiger charge is 2.19. The first-order chi connectivity index (χ1) is 13.6. The molecule has 28 heavy (non-hydrogen) atoms. The molecule has 0 spiro atoms. The number of amides is 2. The summed E-state index contributed by atoms with van der Waals surface area (Å²) in [6.45, 7) is 2.42. The van der Waals surface area contributed by atoms with Crippen LogP contribution in [0.1, 0.15) is 24.4 Å². The molecule has 1 saturated heterocycles. The van der Waals surface area contributed by atoms with Gasteiger partial charge >= 0.3 is 6.03 Å². The van der Waals surface area contributed by atoms with E-state index in [1.807, 2.05) is 29.1 Å². The van der Waals surface area contributed by atoms with Crippen molar-refractivity contribution in [1.82, 2.24) is 25.0 Å². The van der Waals surface area contributed by atoms with Crippen LogP contribution in [-0.4, -0.2) is 45.8 Å². The van der Waals surface area contributed by atoms with Crippen LogP contribution in [0, 0.1) is 0 Å². The van der Waals surface area contributed by atoms with E-state index in [0.29, 0.717) is 23.7 Å². The number of hydrogen-bond donors (Lipinski definition) is 3. The van der Waals surface area contributed by atoms with Gasteiger partial charge in [-0.3, -0.25) is 9.48 Å². The lowest BCUT2D eigenvalue weighted by Gasteiger charge is -2.28. The van der Waals surface area contributed by atoms with Crippen molar-refractivity contribution in [1.29, 1.82) is 0 Å². The van der Waals surface area contributed by atoms with E-state index in [-0.39, 0.29) is 11.6 Å². The van der Waals surface area contributed by atoms with Crippen LogP contribution < -0.4 is 16.2 Å². The third kappa shape index (κ3) is 3.91. The Balaban J connectivity index is 1.37. The first-order valence-electron chi connectivity index (χ1n) is 9.47. The zero-order valence-corrected chi connectivity index (χ0v) is 15.8. The van der Waals surface area contributed by atoms with Gasteiger partial charge in [0.1, 0.15) is 0 Å². The lowest BCUT2D eigenvalue weighted by molar-refractivity contribution is 0.212. The van der Waals surface area contributed by atoms with Crippen LogP contribution in [0.4, 0.5) is 10.5 Å². The molecule has 0 radical (unpaired) electrons. The molecule has 146 valence electrons. The van der Waals surface area contributed by atoms with E-state index >= 15 is 0 Å². The van der Waals surface area contributed by atoms with Crippen LogP contribution >= 0.6 is 0 Å². The van der Waals surface area contributed by atoms with Gasteiger partial charge in [0.05, 0.1) is 17.9 Å². The largest absolute Gasteiger partial charge is 0.334 e. The first kappa shape index (κ1) is 18.2. The van der Waals surface area contributed by atoms with E-state index in [1.54, 1.807) is 18.5 Å². The number of fused-ring (bicyclic) bond motifs is 1. The highest BCUT2D eigenvalue weighted by atomic mass is 16.2. The van der Waals surface area contributed by atoms with Crippen molar-refractivity contribution in [3.63, 3.8) is 0 Å². The predicted molar refractivity (Wildman–Crippen MR) is 108 cm³/mol. The minimum atomic E-state index is -0.307. The lowest BCUT2D eigenvalue weighted by Crippen LogP contribution is -2.31. The second-order valence-corrected chi connectivity index (χ2v) is 7.24. The summed E-state index contributed by atoms with van der Waals surface area (Å²) in [5.74, 6) is 0. The highest BCUT2D eigenvalue weighted by molar-refractivity contribution is 5.89. The van der Waals surface area contributed by atoms with Gasteiger partial charge in [0.25, 0.3) is 5.56 Å². The van der Waals surface area contributed by atoms with Gasteiger partial charge in [0.2, 0.25) is 0 Å². The Bertz CT molecular complexity index is 1030. The van der Waals surface area contributed by atoms with Crippen LogP contribution in [0.25, 0.3) is 10.8 Å². The SMILES string of the molecule is CN1CCC(n2cc(NC(=O)NCc3c[nH]c(=O)c4ccccc34)cn2)CC1. The maximum atomic E-state index is 12.3. The maximum absolute atomic E-state index is 12.3. The number of pyridine rings is 1. The second-order valence-electron chi connectivity index (χ2n) is 7.24. The maximum Gasteiger partial charge on any atom is 0.319 e. The van der Waals surface area contributed by atoms with Crippen LogP contribution in [0.2, 0.25) is 0 Å². The van der Waals surface area contributed by atoms with Crippen molar-refractivity contribution in [3.8, 4) is 0 Å². The van der Waals surface area contributed by atoms with E-state index < -0.39 is 0 Å². The number of piperidine rings is 1. The quantitative estimate of drug-likeness (QED) is 0.647. The Kier molecular flexibility index (Phi) is 5.12. The van der Waals surface area contributed by atoms with E-state index in [4.69, 9.17) is 0 Å². The molecule has 3 N–H and O–H groups in total. The molecule has 0 saturated carbocycles. The van der Waals surface area contributed by atoms with Crippen molar-refractivity contribution in [2.75, 3.05) is 25.5 Å². The van der Waals surface area contributed by atoms with Crippen molar-refractivity contribution in [2.24, 2.45) is 0 Å². The lowest BCUT2D eigenvalue weighted by atomic mass is 10.1. The number of hydrogen-bond acceptors (Lipinski definition) is 4. The van der Waals surface area contributed by atoms with E-state index in [9.17, 15) is 9.59 Å². The molecule has 8 nitrogen and oxygen atoms in total. The molecule has 0 atom stereocenters. The number of H-pyrrole nitrogens is 1. The number of carbonyl (C=O) groups is 1. The Hall–Kier alpha value is -3.13.